The molecule has 0 amide bonds. The lowest BCUT2D eigenvalue weighted by Gasteiger charge is -2.05. The molecule has 5 atom stereocenters. The summed E-state index contributed by atoms with van der Waals surface area (Å²) in [6.45, 7) is 25.5. The number of aliphatic hydroxyl groups is 2. The van der Waals surface area contributed by atoms with E-state index in [4.69, 9.17) is 29.2 Å². The first-order valence-corrected chi connectivity index (χ1v) is 19.9. The summed E-state index contributed by atoms with van der Waals surface area (Å²) in [5.74, 6) is 0. The first-order valence-electron chi connectivity index (χ1n) is 19.9. The molecule has 7 nitrogen and oxygen atoms in total. The predicted molar refractivity (Wildman–Crippen MR) is 245 cm³/mol. The maximum Gasteiger partial charge on any atom is 0.107 e. The van der Waals surface area contributed by atoms with Gasteiger partial charge in [0.25, 0.3) is 0 Å². The maximum absolute atomic E-state index is 8.73. The summed E-state index contributed by atoms with van der Waals surface area (Å²) in [6.07, 6.45) is 2.17. The molecule has 0 aliphatic carbocycles. The molecule has 2 saturated heterocycles. The molecule has 5 unspecified atom stereocenters. The summed E-state index contributed by atoms with van der Waals surface area (Å²) in [5, 5.41) is 15.7. The van der Waals surface area contributed by atoms with Crippen LogP contribution >= 0.6 is 0 Å². The second kappa shape index (κ2) is 43.7. The highest BCUT2D eigenvalue weighted by Gasteiger charge is 2.34. The second-order valence-electron chi connectivity index (χ2n) is 15.8. The lowest BCUT2D eigenvalue weighted by Crippen LogP contribution is -2.11. The molecular weight excluding hydrogens is 713 g/mol. The molecule has 2 N–H and O–H groups in total. The van der Waals surface area contributed by atoms with Crippen LogP contribution in [0.15, 0.2) is 146 Å². The Balaban J connectivity index is -0.000000276. The third kappa shape index (κ3) is 70.8. The Kier molecular flexibility index (Phi) is 46.2. The highest BCUT2D eigenvalue weighted by molar-refractivity contribution is 5.01. The molecule has 0 saturated carbocycles. The first kappa shape index (κ1) is 60.3. The topological polar surface area (TPSA) is 93.2 Å². The van der Waals surface area contributed by atoms with Crippen LogP contribution in [0.1, 0.15) is 82.6 Å². The highest BCUT2D eigenvalue weighted by atomic mass is 16.6. The van der Waals surface area contributed by atoms with E-state index in [1.807, 2.05) is 166 Å². The highest BCUT2D eigenvalue weighted by Crippen LogP contribution is 2.20. The van der Waals surface area contributed by atoms with Crippen molar-refractivity contribution >= 4 is 0 Å². The summed E-state index contributed by atoms with van der Waals surface area (Å²) in [6, 6.07) is 48.0. The van der Waals surface area contributed by atoms with Gasteiger partial charge in [-0.3, -0.25) is 0 Å². The van der Waals surface area contributed by atoms with E-state index < -0.39 is 0 Å². The van der Waals surface area contributed by atoms with Gasteiger partial charge in [-0.05, 0) is 31.1 Å². The minimum Gasteiger partial charge on any atom is -0.400 e. The van der Waals surface area contributed by atoms with Gasteiger partial charge in [0.1, 0.15) is 12.2 Å². The van der Waals surface area contributed by atoms with Gasteiger partial charge in [-0.2, -0.15) is 0 Å². The Morgan fingerprint density at radius 3 is 0.649 bits per heavy atom. The molecule has 4 aromatic carbocycles. The minimum atomic E-state index is -0.273. The second-order valence-corrected chi connectivity index (χ2v) is 15.8. The average Bonchev–Trinajstić information content (AvgIpc) is 4.12. The van der Waals surface area contributed by atoms with Crippen LogP contribution < -0.4 is 0 Å². The van der Waals surface area contributed by atoms with Crippen molar-refractivity contribution in [2.75, 3.05) is 48.3 Å². The van der Waals surface area contributed by atoms with Gasteiger partial charge in [-0.1, -0.05) is 208 Å². The van der Waals surface area contributed by atoms with Crippen LogP contribution in [-0.4, -0.2) is 89.0 Å². The zero-order valence-corrected chi connectivity index (χ0v) is 38.5. The fraction of sp³-hybridized carbons (Fsp3) is 0.520. The van der Waals surface area contributed by atoms with Crippen molar-refractivity contribution in [2.45, 2.75) is 113 Å². The molecule has 2 aliphatic heterocycles. The van der Waals surface area contributed by atoms with E-state index in [0.717, 1.165) is 26.7 Å². The largest absolute Gasteiger partial charge is 0.400 e. The molecule has 2 fully saturated rings. The van der Waals surface area contributed by atoms with Crippen molar-refractivity contribution in [1.82, 2.24) is 0 Å². The number of ether oxygens (including phenoxy) is 5. The van der Waals surface area contributed by atoms with Gasteiger partial charge in [0.05, 0.1) is 38.1 Å². The molecule has 0 aromatic heterocycles. The van der Waals surface area contributed by atoms with E-state index in [0.29, 0.717) is 41.9 Å². The van der Waals surface area contributed by atoms with Crippen LogP contribution in [0.5, 0.6) is 0 Å². The molecule has 0 bridgehead atoms. The van der Waals surface area contributed by atoms with Crippen LogP contribution in [-0.2, 0) is 23.7 Å². The third-order valence-corrected chi connectivity index (χ3v) is 5.83. The first-order chi connectivity index (χ1) is 27.0. The molecular formula is C50H84O7. The Bertz CT molecular complexity index is 935. The van der Waals surface area contributed by atoms with Gasteiger partial charge >= 0.3 is 0 Å². The number of aliphatic hydroxyl groups excluding tert-OH is 2. The zero-order chi connectivity index (χ0) is 44.2. The number of hydrogen-bond donors (Lipinski definition) is 2. The van der Waals surface area contributed by atoms with Crippen molar-refractivity contribution in [3.05, 3.63) is 146 Å². The van der Waals surface area contributed by atoms with Gasteiger partial charge in [-0.25, -0.2) is 0 Å². The molecule has 6 rings (SSSR count). The average molecular weight is 797 g/mol. The Hall–Kier alpha value is -3.40. The van der Waals surface area contributed by atoms with Crippen LogP contribution in [0.3, 0.4) is 0 Å². The van der Waals surface area contributed by atoms with Crippen LogP contribution in [0.25, 0.3) is 0 Å². The quantitative estimate of drug-likeness (QED) is 0.180. The fourth-order valence-electron chi connectivity index (χ4n) is 2.99. The summed E-state index contributed by atoms with van der Waals surface area (Å²) in [5.41, 5.74) is 1.00. The molecule has 0 radical (unpaired) electrons. The van der Waals surface area contributed by atoms with Crippen molar-refractivity contribution in [3.8, 4) is 0 Å². The molecule has 57 heavy (non-hydrogen) atoms. The van der Waals surface area contributed by atoms with Gasteiger partial charge in [0.2, 0.25) is 0 Å². The van der Waals surface area contributed by atoms with Gasteiger partial charge in [0, 0.05) is 28.4 Å². The summed E-state index contributed by atoms with van der Waals surface area (Å²) < 4.78 is 24.3. The number of epoxide rings is 2. The van der Waals surface area contributed by atoms with Gasteiger partial charge in [-0.15, -0.1) is 0 Å². The molecule has 4 aromatic rings. The van der Waals surface area contributed by atoms with E-state index in [1.165, 1.54) is 0 Å². The standard InChI is InChI=1S/4C6H6.2C5H10O2.C5H12O2.2C5H12.CH4O/c4*1-2-4-6-5-3-1;2*1-4-5(7-4)3-6-2;1-3-5(6)4-7-2;2*1-5(2,3)4;1-2/h4*1-6H;2*4-5H,3H2,1-2H3;5-6H,3-4H2,1-2H3;2*1-4H3;2H,1H3. The van der Waals surface area contributed by atoms with Crippen molar-refractivity contribution in [1.29, 1.82) is 0 Å². The molecule has 2 heterocycles. The monoisotopic (exact) mass is 797 g/mol. The lowest BCUT2D eigenvalue weighted by atomic mass is 10.0. The number of methoxy groups -OCH3 is 3. The van der Waals surface area contributed by atoms with Gasteiger partial charge in [0.15, 0.2) is 0 Å². The molecule has 0 spiro atoms. The SMILES string of the molecule is CC(C)(C)C.CC(C)(C)C.CCC(O)COC.CO.COCC1OC1C.COCC1OC1C.c1ccccc1.c1ccccc1.c1ccccc1.c1ccccc1. The van der Waals surface area contributed by atoms with E-state index in [1.54, 1.807) is 21.3 Å². The molecule has 7 heteroatoms. The number of rotatable bonds is 7. The Morgan fingerprint density at radius 1 is 0.439 bits per heavy atom. The fourth-order valence-corrected chi connectivity index (χ4v) is 2.99. The summed E-state index contributed by atoms with van der Waals surface area (Å²) in [4.78, 5) is 0. The van der Waals surface area contributed by atoms with Gasteiger partial charge < -0.3 is 33.9 Å². The van der Waals surface area contributed by atoms with E-state index in [9.17, 15) is 0 Å². The van der Waals surface area contributed by atoms with Crippen molar-refractivity contribution in [3.63, 3.8) is 0 Å². The molecule has 326 valence electrons. The van der Waals surface area contributed by atoms with E-state index >= 15 is 0 Å². The summed E-state index contributed by atoms with van der Waals surface area (Å²) >= 11 is 0. The normalized spacial score (nSPS) is 16.8. The third-order valence-electron chi connectivity index (χ3n) is 5.83. The van der Waals surface area contributed by atoms with Crippen LogP contribution in [0.4, 0.5) is 0 Å². The van der Waals surface area contributed by atoms with Crippen molar-refractivity contribution < 1.29 is 33.9 Å². The zero-order valence-electron chi connectivity index (χ0n) is 38.5. The van der Waals surface area contributed by atoms with E-state index in [2.05, 4.69) is 60.1 Å². The van der Waals surface area contributed by atoms with Crippen LogP contribution in [0.2, 0.25) is 0 Å². The number of benzene rings is 4. The smallest absolute Gasteiger partial charge is 0.107 e. The minimum absolute atomic E-state index is 0.273. The maximum atomic E-state index is 8.73. The predicted octanol–water partition coefficient (Wildman–Crippen LogP) is 11.7. The van der Waals surface area contributed by atoms with E-state index in [-0.39, 0.29) is 6.10 Å². The Morgan fingerprint density at radius 2 is 0.596 bits per heavy atom. The van der Waals surface area contributed by atoms with Crippen LogP contribution in [0, 0.1) is 10.8 Å². The van der Waals surface area contributed by atoms with Crippen molar-refractivity contribution in [2.24, 2.45) is 10.8 Å². The number of hydrogen-bond acceptors (Lipinski definition) is 7. The molecule has 2 aliphatic rings. The Labute approximate surface area is 350 Å². The lowest BCUT2D eigenvalue weighted by molar-refractivity contribution is 0.0625. The summed E-state index contributed by atoms with van der Waals surface area (Å²) in [7, 11) is 5.96.